The van der Waals surface area contributed by atoms with Crippen LogP contribution in [-0.4, -0.2) is 28.6 Å². The lowest BCUT2D eigenvalue weighted by molar-refractivity contribution is 0.531. The van der Waals surface area contributed by atoms with Gasteiger partial charge in [-0.2, -0.15) is 5.10 Å². The first kappa shape index (κ1) is 12.8. The number of hydrogen-bond donors (Lipinski definition) is 1. The zero-order chi connectivity index (χ0) is 12.9. The van der Waals surface area contributed by atoms with Gasteiger partial charge in [-0.1, -0.05) is 18.2 Å². The molecule has 0 saturated carbocycles. The Morgan fingerprint density at radius 3 is 3.16 bits per heavy atom. The maximum absolute atomic E-state index is 4.21. The maximum atomic E-state index is 4.21. The number of nitrogens with one attached hydrogen (secondary N) is 1. The molecule has 19 heavy (non-hydrogen) atoms. The van der Waals surface area contributed by atoms with E-state index in [0.29, 0.717) is 5.92 Å². The first-order valence-electron chi connectivity index (χ1n) is 6.83. The van der Waals surface area contributed by atoms with Crippen molar-refractivity contribution >= 4 is 11.8 Å². The van der Waals surface area contributed by atoms with Crippen LogP contribution in [0.25, 0.3) is 0 Å². The van der Waals surface area contributed by atoms with E-state index in [-0.39, 0.29) is 0 Å². The molecule has 0 saturated heterocycles. The van der Waals surface area contributed by atoms with Gasteiger partial charge in [0.15, 0.2) is 0 Å². The van der Waals surface area contributed by atoms with Crippen molar-refractivity contribution < 1.29 is 0 Å². The number of hydrogen-bond acceptors (Lipinski definition) is 3. The van der Waals surface area contributed by atoms with Gasteiger partial charge < -0.3 is 5.32 Å². The molecule has 0 bridgehead atoms. The van der Waals surface area contributed by atoms with Crippen LogP contribution >= 0.6 is 11.8 Å². The monoisotopic (exact) mass is 273 g/mol. The van der Waals surface area contributed by atoms with Crippen molar-refractivity contribution in [3.8, 4) is 0 Å². The van der Waals surface area contributed by atoms with Gasteiger partial charge in [0.25, 0.3) is 0 Å². The van der Waals surface area contributed by atoms with E-state index in [4.69, 9.17) is 0 Å². The number of aromatic nitrogens is 2. The first-order valence-corrected chi connectivity index (χ1v) is 7.82. The summed E-state index contributed by atoms with van der Waals surface area (Å²) >= 11 is 1.98. The molecule has 2 aromatic rings. The summed E-state index contributed by atoms with van der Waals surface area (Å²) in [6.45, 7) is 3.14. The highest BCUT2D eigenvalue weighted by atomic mass is 32.2. The number of aryl methyl sites for hydroxylation is 1. The van der Waals surface area contributed by atoms with Crippen molar-refractivity contribution in [1.82, 2.24) is 15.1 Å². The molecule has 1 aromatic carbocycles. The Kier molecular flexibility index (Phi) is 4.20. The van der Waals surface area contributed by atoms with Crippen molar-refractivity contribution in [2.45, 2.75) is 23.8 Å². The average Bonchev–Trinajstić information content (AvgIpc) is 3.08. The van der Waals surface area contributed by atoms with Gasteiger partial charge in [0, 0.05) is 42.0 Å². The van der Waals surface area contributed by atoms with Gasteiger partial charge >= 0.3 is 0 Å². The molecule has 0 aliphatic carbocycles. The van der Waals surface area contributed by atoms with E-state index >= 15 is 0 Å². The molecule has 0 spiro atoms. The molecular weight excluding hydrogens is 254 g/mol. The number of thioether (sulfide) groups is 1. The highest BCUT2D eigenvalue weighted by Crippen LogP contribution is 2.38. The van der Waals surface area contributed by atoms with Crippen LogP contribution in [0.3, 0.4) is 0 Å². The predicted octanol–water partition coefficient (Wildman–Crippen LogP) is 2.75. The number of rotatable bonds is 6. The van der Waals surface area contributed by atoms with Crippen LogP contribution in [0, 0.1) is 0 Å². The Labute approximate surface area is 118 Å². The molecule has 1 aliphatic heterocycles. The van der Waals surface area contributed by atoms with Gasteiger partial charge in [0.1, 0.15) is 0 Å². The SMILES string of the molecule is c1ccc2c(c1)SCC2CNCCCn1cccn1. The second kappa shape index (κ2) is 6.26. The van der Waals surface area contributed by atoms with E-state index in [1.54, 1.807) is 0 Å². The van der Waals surface area contributed by atoms with Crippen molar-refractivity contribution in [2.75, 3.05) is 18.8 Å². The molecule has 0 radical (unpaired) electrons. The Bertz CT molecular complexity index is 510. The Hall–Kier alpha value is -1.26. The molecule has 0 fully saturated rings. The Balaban J connectivity index is 1.39. The minimum Gasteiger partial charge on any atom is -0.316 e. The van der Waals surface area contributed by atoms with Crippen molar-refractivity contribution in [3.05, 3.63) is 48.3 Å². The van der Waals surface area contributed by atoms with Crippen LogP contribution in [-0.2, 0) is 6.54 Å². The summed E-state index contributed by atoms with van der Waals surface area (Å²) in [7, 11) is 0. The van der Waals surface area contributed by atoms with Gasteiger partial charge in [-0.15, -0.1) is 11.8 Å². The lowest BCUT2D eigenvalue weighted by atomic mass is 10.0. The molecule has 1 aliphatic rings. The number of benzene rings is 1. The molecule has 3 rings (SSSR count). The summed E-state index contributed by atoms with van der Waals surface area (Å²) in [5, 5.41) is 7.78. The zero-order valence-electron chi connectivity index (χ0n) is 11.0. The van der Waals surface area contributed by atoms with Gasteiger partial charge in [0.2, 0.25) is 0 Å². The van der Waals surface area contributed by atoms with E-state index in [1.807, 2.05) is 34.9 Å². The fraction of sp³-hybridized carbons (Fsp3) is 0.400. The molecule has 2 heterocycles. The summed E-state index contributed by atoms with van der Waals surface area (Å²) in [4.78, 5) is 1.46. The van der Waals surface area contributed by atoms with E-state index in [1.165, 1.54) is 16.2 Å². The lowest BCUT2D eigenvalue weighted by Gasteiger charge is -2.12. The van der Waals surface area contributed by atoms with E-state index in [0.717, 1.165) is 26.1 Å². The molecule has 4 heteroatoms. The fourth-order valence-electron chi connectivity index (χ4n) is 2.47. The molecule has 1 aromatic heterocycles. The molecular formula is C15H19N3S. The topological polar surface area (TPSA) is 29.9 Å². The second-order valence-electron chi connectivity index (χ2n) is 4.87. The van der Waals surface area contributed by atoms with Gasteiger partial charge in [-0.25, -0.2) is 0 Å². The minimum absolute atomic E-state index is 0.672. The second-order valence-corrected chi connectivity index (χ2v) is 5.93. The Morgan fingerprint density at radius 1 is 1.32 bits per heavy atom. The molecule has 3 nitrogen and oxygen atoms in total. The number of fused-ring (bicyclic) bond motifs is 1. The van der Waals surface area contributed by atoms with Crippen molar-refractivity contribution in [3.63, 3.8) is 0 Å². The highest BCUT2D eigenvalue weighted by Gasteiger charge is 2.21. The largest absolute Gasteiger partial charge is 0.316 e. The van der Waals surface area contributed by atoms with Gasteiger partial charge in [0.05, 0.1) is 0 Å². The molecule has 1 unspecified atom stereocenters. The van der Waals surface area contributed by atoms with E-state index in [2.05, 4.69) is 34.7 Å². The van der Waals surface area contributed by atoms with Crippen LogP contribution < -0.4 is 5.32 Å². The predicted molar refractivity (Wildman–Crippen MR) is 79.6 cm³/mol. The van der Waals surface area contributed by atoms with Crippen molar-refractivity contribution in [1.29, 1.82) is 0 Å². The summed E-state index contributed by atoms with van der Waals surface area (Å²) in [5.41, 5.74) is 1.52. The standard InChI is InChI=1S/C15H19N3S/c1-2-6-15-14(5-1)13(12-19-15)11-16-7-3-9-18-10-4-8-17-18/h1-2,4-6,8,10,13,16H,3,7,9,11-12H2. The van der Waals surface area contributed by atoms with E-state index < -0.39 is 0 Å². The lowest BCUT2D eigenvalue weighted by Crippen LogP contribution is -2.23. The third-order valence-corrected chi connectivity index (χ3v) is 4.74. The summed E-state index contributed by atoms with van der Waals surface area (Å²) in [6, 6.07) is 10.8. The third kappa shape index (κ3) is 3.19. The van der Waals surface area contributed by atoms with Crippen LogP contribution in [0.5, 0.6) is 0 Å². The molecule has 1 N–H and O–H groups in total. The van der Waals surface area contributed by atoms with Gasteiger partial charge in [-0.3, -0.25) is 4.68 Å². The van der Waals surface area contributed by atoms with Crippen LogP contribution in [0.4, 0.5) is 0 Å². The third-order valence-electron chi connectivity index (χ3n) is 3.49. The normalized spacial score (nSPS) is 17.6. The molecule has 1 atom stereocenters. The van der Waals surface area contributed by atoms with Crippen LogP contribution in [0.15, 0.2) is 47.6 Å². The van der Waals surface area contributed by atoms with Gasteiger partial charge in [-0.05, 0) is 30.7 Å². The van der Waals surface area contributed by atoms with E-state index in [9.17, 15) is 0 Å². The Morgan fingerprint density at radius 2 is 2.26 bits per heavy atom. The summed E-state index contributed by atoms with van der Waals surface area (Å²) < 4.78 is 1.99. The molecule has 0 amide bonds. The summed E-state index contributed by atoms with van der Waals surface area (Å²) in [6.07, 6.45) is 4.98. The van der Waals surface area contributed by atoms with Crippen LogP contribution in [0.1, 0.15) is 17.9 Å². The van der Waals surface area contributed by atoms with Crippen molar-refractivity contribution in [2.24, 2.45) is 0 Å². The highest BCUT2D eigenvalue weighted by molar-refractivity contribution is 7.99. The van der Waals surface area contributed by atoms with Crippen LogP contribution in [0.2, 0.25) is 0 Å². The maximum Gasteiger partial charge on any atom is 0.0489 e. The first-order chi connectivity index (χ1) is 9.43. The molecule has 100 valence electrons. The fourth-order valence-corrected chi connectivity index (χ4v) is 3.73. The number of nitrogens with zero attached hydrogens (tertiary/aromatic N) is 2. The zero-order valence-corrected chi connectivity index (χ0v) is 11.8. The minimum atomic E-state index is 0.672. The quantitative estimate of drug-likeness (QED) is 0.821. The summed E-state index contributed by atoms with van der Waals surface area (Å²) in [5.74, 6) is 1.89. The average molecular weight is 273 g/mol. The smallest absolute Gasteiger partial charge is 0.0489 e.